The van der Waals surface area contributed by atoms with Gasteiger partial charge in [0, 0.05) is 16.5 Å². The van der Waals surface area contributed by atoms with E-state index in [1.807, 2.05) is 25.3 Å². The van der Waals surface area contributed by atoms with Crippen LogP contribution in [0.25, 0.3) is 0 Å². The van der Waals surface area contributed by atoms with E-state index in [1.54, 1.807) is 11.8 Å². The normalized spacial score (nSPS) is 12.4. The van der Waals surface area contributed by atoms with Gasteiger partial charge in [-0.25, -0.2) is 13.8 Å². The van der Waals surface area contributed by atoms with Crippen molar-refractivity contribution in [2.24, 2.45) is 0 Å². The fraction of sp³-hybridized carbons (Fsp3) is 0.350. The first-order valence-electron chi connectivity index (χ1n) is 7.90. The molecule has 0 saturated carbocycles. The maximum Gasteiger partial charge on any atom is 0.126 e. The first kappa shape index (κ1) is 19.9. The summed E-state index contributed by atoms with van der Waals surface area (Å²) in [6.45, 7) is 6.11. The minimum Gasteiger partial charge on any atom is -0.243 e. The van der Waals surface area contributed by atoms with Crippen molar-refractivity contribution in [3.05, 3.63) is 63.4 Å². The Morgan fingerprint density at radius 2 is 1.84 bits per heavy atom. The third-order valence-corrected chi connectivity index (χ3v) is 5.60. The van der Waals surface area contributed by atoms with Crippen LogP contribution in [-0.4, -0.2) is 16.0 Å². The topological polar surface area (TPSA) is 12.9 Å². The summed E-state index contributed by atoms with van der Waals surface area (Å²) in [6.07, 6.45) is 2.52. The molecule has 25 heavy (non-hydrogen) atoms. The van der Waals surface area contributed by atoms with Crippen LogP contribution in [0.1, 0.15) is 43.6 Å². The van der Waals surface area contributed by atoms with Crippen LogP contribution in [0.2, 0.25) is 0 Å². The maximum atomic E-state index is 13.4. The van der Waals surface area contributed by atoms with Gasteiger partial charge in [-0.3, -0.25) is 0 Å². The molecule has 2 rings (SSSR count). The first-order valence-corrected chi connectivity index (χ1v) is 9.91. The quantitative estimate of drug-likeness (QED) is 0.562. The molecule has 1 aromatic heterocycles. The van der Waals surface area contributed by atoms with E-state index in [0.29, 0.717) is 17.7 Å². The molecule has 1 aromatic carbocycles. The van der Waals surface area contributed by atoms with Crippen molar-refractivity contribution >= 4 is 27.7 Å². The predicted molar refractivity (Wildman–Crippen MR) is 105 cm³/mol. The molecule has 0 radical (unpaired) electrons. The second-order valence-corrected chi connectivity index (χ2v) is 8.69. The van der Waals surface area contributed by atoms with Crippen LogP contribution >= 0.6 is 27.7 Å². The minimum atomic E-state index is -0.562. The molecular formula is C20H20BrF2NS. The first-order chi connectivity index (χ1) is 11.7. The molecule has 0 amide bonds. The molecule has 5 heteroatoms. The van der Waals surface area contributed by atoms with E-state index in [2.05, 4.69) is 46.6 Å². The monoisotopic (exact) mass is 423 g/mol. The lowest BCUT2D eigenvalue weighted by Gasteiger charge is -2.14. The number of benzene rings is 1. The lowest BCUT2D eigenvalue weighted by molar-refractivity contribution is 0.576. The van der Waals surface area contributed by atoms with E-state index in [4.69, 9.17) is 0 Å². The van der Waals surface area contributed by atoms with E-state index in [0.717, 1.165) is 16.2 Å². The van der Waals surface area contributed by atoms with E-state index < -0.39 is 11.6 Å². The van der Waals surface area contributed by atoms with Crippen molar-refractivity contribution in [2.45, 2.75) is 37.9 Å². The largest absolute Gasteiger partial charge is 0.243 e. The van der Waals surface area contributed by atoms with Crippen LogP contribution < -0.4 is 0 Å². The molecule has 1 atom stereocenters. The summed E-state index contributed by atoms with van der Waals surface area (Å²) in [5.74, 6) is 5.20. The molecule has 0 aliphatic carbocycles. The average Bonchev–Trinajstić information content (AvgIpc) is 2.53. The van der Waals surface area contributed by atoms with Crippen molar-refractivity contribution in [3.63, 3.8) is 0 Å². The number of hydrogen-bond donors (Lipinski definition) is 0. The zero-order chi connectivity index (χ0) is 18.6. The molecule has 0 fully saturated rings. The summed E-state index contributed by atoms with van der Waals surface area (Å²) < 4.78 is 27.5. The molecule has 1 nitrogen and oxygen atoms in total. The molecular weight excluding hydrogens is 404 g/mol. The zero-order valence-corrected chi connectivity index (χ0v) is 17.1. The van der Waals surface area contributed by atoms with Crippen LogP contribution in [0.3, 0.4) is 0 Å². The zero-order valence-electron chi connectivity index (χ0n) is 14.7. The molecule has 0 spiro atoms. The number of halogens is 3. The molecule has 0 N–H and O–H groups in total. The highest BCUT2D eigenvalue weighted by Crippen LogP contribution is 2.27. The van der Waals surface area contributed by atoms with Crippen LogP contribution in [0, 0.1) is 23.5 Å². The maximum absolute atomic E-state index is 13.4. The Bertz CT molecular complexity index is 804. The summed E-state index contributed by atoms with van der Waals surface area (Å²) in [7, 11) is 0. The molecule has 0 aliphatic heterocycles. The fourth-order valence-electron chi connectivity index (χ4n) is 2.32. The van der Waals surface area contributed by atoms with Gasteiger partial charge in [0.2, 0.25) is 0 Å². The second-order valence-electron chi connectivity index (χ2n) is 6.41. The lowest BCUT2D eigenvalue weighted by atomic mass is 9.97. The van der Waals surface area contributed by atoms with Crippen molar-refractivity contribution in [1.82, 2.24) is 4.98 Å². The Hall–Kier alpha value is -1.38. The molecule has 0 bridgehead atoms. The van der Waals surface area contributed by atoms with Crippen LogP contribution in [-0.2, 0) is 6.42 Å². The molecule has 1 heterocycles. The Balaban J connectivity index is 2.27. The van der Waals surface area contributed by atoms with Gasteiger partial charge in [0.1, 0.15) is 17.3 Å². The minimum absolute atomic E-state index is 0.00844. The van der Waals surface area contributed by atoms with E-state index in [9.17, 15) is 8.78 Å². The molecule has 132 valence electrons. The van der Waals surface area contributed by atoms with E-state index in [-0.39, 0.29) is 10.7 Å². The summed E-state index contributed by atoms with van der Waals surface area (Å²) in [5.41, 5.74) is 2.13. The highest BCUT2D eigenvalue weighted by Gasteiger charge is 2.15. The molecule has 0 aliphatic rings. The number of pyridine rings is 1. The van der Waals surface area contributed by atoms with Crippen LogP contribution in [0.15, 0.2) is 34.8 Å². The highest BCUT2D eigenvalue weighted by molar-refractivity contribution is 9.10. The number of hydrogen-bond acceptors (Lipinski definition) is 2. The average molecular weight is 424 g/mol. The number of thioether (sulfide) groups is 1. The van der Waals surface area contributed by atoms with Gasteiger partial charge < -0.3 is 0 Å². The second kappa shape index (κ2) is 8.33. The smallest absolute Gasteiger partial charge is 0.126 e. The van der Waals surface area contributed by atoms with Crippen molar-refractivity contribution in [3.8, 4) is 11.8 Å². The Morgan fingerprint density at radius 3 is 2.44 bits per heavy atom. The third-order valence-electron chi connectivity index (χ3n) is 3.81. The van der Waals surface area contributed by atoms with Crippen LogP contribution in [0.5, 0.6) is 0 Å². The lowest BCUT2D eigenvalue weighted by Crippen LogP contribution is -2.10. The van der Waals surface area contributed by atoms with Gasteiger partial charge in [-0.2, -0.15) is 0 Å². The number of nitrogens with zero attached hydrogens (tertiary/aromatic N) is 1. The summed E-state index contributed by atoms with van der Waals surface area (Å²) in [5, 5.41) is 0. The Morgan fingerprint density at radius 1 is 1.20 bits per heavy atom. The van der Waals surface area contributed by atoms with Gasteiger partial charge in [0.05, 0.1) is 10.4 Å². The van der Waals surface area contributed by atoms with Gasteiger partial charge in [0.15, 0.2) is 0 Å². The van der Waals surface area contributed by atoms with E-state index >= 15 is 0 Å². The molecule has 1 unspecified atom stereocenters. The van der Waals surface area contributed by atoms with Gasteiger partial charge in [-0.15, -0.1) is 11.8 Å². The van der Waals surface area contributed by atoms with Gasteiger partial charge in [-0.05, 0) is 78.2 Å². The van der Waals surface area contributed by atoms with E-state index in [1.165, 1.54) is 12.1 Å². The van der Waals surface area contributed by atoms with Gasteiger partial charge in [-0.1, -0.05) is 12.8 Å². The summed E-state index contributed by atoms with van der Waals surface area (Å²) >= 11 is 5.20. The number of aromatic nitrogens is 1. The van der Waals surface area contributed by atoms with Gasteiger partial charge in [0.25, 0.3) is 0 Å². The van der Waals surface area contributed by atoms with Crippen molar-refractivity contribution in [2.75, 3.05) is 6.26 Å². The van der Waals surface area contributed by atoms with Gasteiger partial charge >= 0.3 is 0 Å². The molecule has 0 saturated heterocycles. The van der Waals surface area contributed by atoms with Crippen LogP contribution in [0.4, 0.5) is 8.78 Å². The predicted octanol–water partition coefficient (Wildman–Crippen LogP) is 5.96. The van der Waals surface area contributed by atoms with Crippen molar-refractivity contribution < 1.29 is 8.78 Å². The Labute approximate surface area is 160 Å². The standard InChI is InChI=1S/C20H20BrF2NS/c1-13(9-14-10-15(22)12-16(23)11-14)19-18(21)6-5-17(24-19)7-8-20(2,3)25-4/h5-6,10-13H,9H2,1-4H3. The van der Waals surface area contributed by atoms with Crippen molar-refractivity contribution in [1.29, 1.82) is 0 Å². The highest BCUT2D eigenvalue weighted by atomic mass is 79.9. The SMILES string of the molecule is CSC(C)(C)C#Cc1ccc(Br)c(C(C)Cc2cc(F)cc(F)c2)n1. The summed E-state index contributed by atoms with van der Waals surface area (Å²) in [6, 6.07) is 7.38. The fourth-order valence-corrected chi connectivity index (χ4v) is 3.08. The molecule has 2 aromatic rings. The Kier molecular flexibility index (Phi) is 6.65. The third kappa shape index (κ3) is 5.83. The summed E-state index contributed by atoms with van der Waals surface area (Å²) in [4.78, 5) is 4.63. The number of rotatable bonds is 4.